The summed E-state index contributed by atoms with van der Waals surface area (Å²) >= 11 is 6.23. The zero-order valence-corrected chi connectivity index (χ0v) is 13.3. The Labute approximate surface area is 130 Å². The minimum Gasteiger partial charge on any atom is -0.465 e. The summed E-state index contributed by atoms with van der Waals surface area (Å²) in [6.07, 6.45) is -0.459. The van der Waals surface area contributed by atoms with Crippen LogP contribution in [0.2, 0.25) is 5.02 Å². The molecule has 0 saturated carbocycles. The molecule has 0 bridgehead atoms. The van der Waals surface area contributed by atoms with Crippen molar-refractivity contribution in [3.8, 4) is 0 Å². The van der Waals surface area contributed by atoms with Gasteiger partial charge in [0.25, 0.3) is 0 Å². The van der Waals surface area contributed by atoms with Crippen LogP contribution in [0.3, 0.4) is 0 Å². The van der Waals surface area contributed by atoms with Crippen molar-refractivity contribution in [3.05, 3.63) is 34.9 Å². The standard InChI is InChI=1S/C15H22ClNO4/c1-11(2)17(15(18)19)14(8-9-21-10-20-3)12-6-4-5-7-13(12)16/h4-7,11,14H,8-10H2,1-3H3,(H,18,19)/t14-/m1/s1. The third-order valence-electron chi connectivity index (χ3n) is 3.11. The third kappa shape index (κ3) is 5.19. The number of hydrogen-bond acceptors (Lipinski definition) is 3. The van der Waals surface area contributed by atoms with Crippen LogP contribution in [-0.4, -0.2) is 42.7 Å². The average Bonchev–Trinajstić information content (AvgIpc) is 2.42. The van der Waals surface area contributed by atoms with Crippen molar-refractivity contribution < 1.29 is 19.4 Å². The van der Waals surface area contributed by atoms with Gasteiger partial charge in [-0.15, -0.1) is 0 Å². The molecule has 1 N–H and O–H groups in total. The van der Waals surface area contributed by atoms with E-state index < -0.39 is 6.09 Å². The molecule has 1 rings (SSSR count). The van der Waals surface area contributed by atoms with Gasteiger partial charge in [-0.3, -0.25) is 4.90 Å². The molecule has 21 heavy (non-hydrogen) atoms. The van der Waals surface area contributed by atoms with Crippen LogP contribution in [0, 0.1) is 0 Å². The number of carboxylic acid groups (broad SMARTS) is 1. The second-order valence-corrected chi connectivity index (χ2v) is 5.33. The predicted molar refractivity (Wildman–Crippen MR) is 81.6 cm³/mol. The van der Waals surface area contributed by atoms with E-state index in [-0.39, 0.29) is 18.9 Å². The zero-order valence-electron chi connectivity index (χ0n) is 12.6. The largest absolute Gasteiger partial charge is 0.465 e. The summed E-state index contributed by atoms with van der Waals surface area (Å²) in [5.41, 5.74) is 0.788. The topological polar surface area (TPSA) is 59.0 Å². The van der Waals surface area contributed by atoms with E-state index in [0.29, 0.717) is 18.1 Å². The number of nitrogens with zero attached hydrogens (tertiary/aromatic N) is 1. The maximum atomic E-state index is 11.6. The fraction of sp³-hybridized carbons (Fsp3) is 0.533. The molecule has 1 aromatic rings. The van der Waals surface area contributed by atoms with Gasteiger partial charge in [-0.1, -0.05) is 29.8 Å². The van der Waals surface area contributed by atoms with Crippen LogP contribution in [0.25, 0.3) is 0 Å². The van der Waals surface area contributed by atoms with Crippen molar-refractivity contribution in [3.63, 3.8) is 0 Å². The first kappa shape index (κ1) is 17.8. The van der Waals surface area contributed by atoms with E-state index in [1.807, 2.05) is 32.0 Å². The highest BCUT2D eigenvalue weighted by molar-refractivity contribution is 6.31. The molecule has 1 atom stereocenters. The van der Waals surface area contributed by atoms with Gasteiger partial charge in [-0.2, -0.15) is 0 Å². The number of carbonyl (C=O) groups is 1. The summed E-state index contributed by atoms with van der Waals surface area (Å²) in [5, 5.41) is 10.0. The summed E-state index contributed by atoms with van der Waals surface area (Å²) in [6, 6.07) is 6.77. The van der Waals surface area contributed by atoms with Gasteiger partial charge < -0.3 is 14.6 Å². The lowest BCUT2D eigenvalue weighted by Crippen LogP contribution is -2.39. The first-order valence-corrected chi connectivity index (χ1v) is 7.19. The molecule has 0 aromatic heterocycles. The van der Waals surface area contributed by atoms with Crippen molar-refractivity contribution in [1.29, 1.82) is 0 Å². The summed E-state index contributed by atoms with van der Waals surface area (Å²) < 4.78 is 10.1. The maximum Gasteiger partial charge on any atom is 0.408 e. The van der Waals surface area contributed by atoms with Crippen molar-refractivity contribution >= 4 is 17.7 Å². The van der Waals surface area contributed by atoms with Crippen LogP contribution in [0.4, 0.5) is 4.79 Å². The van der Waals surface area contributed by atoms with Crippen LogP contribution >= 0.6 is 11.6 Å². The van der Waals surface area contributed by atoms with Crippen LogP contribution in [0.1, 0.15) is 31.9 Å². The molecule has 0 unspecified atom stereocenters. The Morgan fingerprint density at radius 1 is 1.38 bits per heavy atom. The van der Waals surface area contributed by atoms with Gasteiger partial charge in [0.15, 0.2) is 0 Å². The highest BCUT2D eigenvalue weighted by Crippen LogP contribution is 2.31. The SMILES string of the molecule is COCOCC[C@H](c1ccccc1Cl)N(C(=O)O)C(C)C. The van der Waals surface area contributed by atoms with Crippen LogP contribution in [-0.2, 0) is 9.47 Å². The van der Waals surface area contributed by atoms with Crippen LogP contribution in [0.5, 0.6) is 0 Å². The first-order chi connectivity index (χ1) is 9.99. The summed E-state index contributed by atoms with van der Waals surface area (Å²) in [4.78, 5) is 13.0. The molecule has 1 amide bonds. The number of amides is 1. The highest BCUT2D eigenvalue weighted by atomic mass is 35.5. The van der Waals surface area contributed by atoms with Gasteiger partial charge in [-0.25, -0.2) is 4.79 Å². The summed E-state index contributed by atoms with van der Waals surface area (Å²) in [7, 11) is 1.54. The van der Waals surface area contributed by atoms with E-state index in [2.05, 4.69) is 0 Å². The van der Waals surface area contributed by atoms with E-state index >= 15 is 0 Å². The van der Waals surface area contributed by atoms with Gasteiger partial charge in [-0.05, 0) is 31.9 Å². The minimum absolute atomic E-state index is 0.161. The molecular formula is C15H22ClNO4. The molecule has 0 saturated heterocycles. The summed E-state index contributed by atoms with van der Waals surface area (Å²) in [6.45, 7) is 4.26. The lowest BCUT2D eigenvalue weighted by Gasteiger charge is -2.33. The number of ether oxygens (including phenoxy) is 2. The molecule has 0 aliphatic heterocycles. The number of hydrogen-bond donors (Lipinski definition) is 1. The Morgan fingerprint density at radius 3 is 2.57 bits per heavy atom. The molecular weight excluding hydrogens is 294 g/mol. The zero-order chi connectivity index (χ0) is 15.8. The number of benzene rings is 1. The Hall–Kier alpha value is -1.30. The second kappa shape index (κ2) is 8.87. The van der Waals surface area contributed by atoms with Gasteiger partial charge in [0.2, 0.25) is 0 Å². The molecule has 0 aliphatic rings. The van der Waals surface area contributed by atoms with Gasteiger partial charge in [0, 0.05) is 18.2 Å². The first-order valence-electron chi connectivity index (χ1n) is 6.81. The Kier molecular flexibility index (Phi) is 7.50. The molecule has 1 aromatic carbocycles. The van der Waals surface area contributed by atoms with E-state index in [1.54, 1.807) is 13.2 Å². The molecule has 0 spiro atoms. The Morgan fingerprint density at radius 2 is 2.05 bits per heavy atom. The summed E-state index contributed by atoms with van der Waals surface area (Å²) in [5.74, 6) is 0. The number of methoxy groups -OCH3 is 1. The highest BCUT2D eigenvalue weighted by Gasteiger charge is 2.28. The van der Waals surface area contributed by atoms with Gasteiger partial charge in [0.1, 0.15) is 6.79 Å². The molecule has 5 nitrogen and oxygen atoms in total. The minimum atomic E-state index is -0.971. The van der Waals surface area contributed by atoms with Crippen molar-refractivity contribution in [2.75, 3.05) is 20.5 Å². The average molecular weight is 316 g/mol. The van der Waals surface area contributed by atoms with Crippen molar-refractivity contribution in [1.82, 2.24) is 4.90 Å². The van der Waals surface area contributed by atoms with E-state index in [1.165, 1.54) is 4.90 Å². The molecule has 118 valence electrons. The molecule has 0 radical (unpaired) electrons. The Balaban J connectivity index is 2.98. The predicted octanol–water partition coefficient (Wildman–Crippen LogP) is 3.78. The monoisotopic (exact) mass is 315 g/mol. The number of rotatable bonds is 8. The van der Waals surface area contributed by atoms with E-state index in [4.69, 9.17) is 21.1 Å². The molecule has 0 aliphatic carbocycles. The third-order valence-corrected chi connectivity index (χ3v) is 3.46. The van der Waals surface area contributed by atoms with Crippen LogP contribution in [0.15, 0.2) is 24.3 Å². The second-order valence-electron chi connectivity index (χ2n) is 4.92. The lowest BCUT2D eigenvalue weighted by atomic mass is 10.0. The van der Waals surface area contributed by atoms with Crippen molar-refractivity contribution in [2.24, 2.45) is 0 Å². The van der Waals surface area contributed by atoms with Gasteiger partial charge >= 0.3 is 6.09 Å². The quantitative estimate of drug-likeness (QED) is 0.586. The normalized spacial score (nSPS) is 12.4. The maximum absolute atomic E-state index is 11.6. The Bertz CT molecular complexity index is 453. The van der Waals surface area contributed by atoms with E-state index in [0.717, 1.165) is 5.56 Å². The molecule has 0 fully saturated rings. The molecule has 0 heterocycles. The van der Waals surface area contributed by atoms with E-state index in [9.17, 15) is 9.90 Å². The fourth-order valence-electron chi connectivity index (χ4n) is 2.24. The smallest absolute Gasteiger partial charge is 0.408 e. The fourth-order valence-corrected chi connectivity index (χ4v) is 2.50. The van der Waals surface area contributed by atoms with Gasteiger partial charge in [0.05, 0.1) is 12.6 Å². The van der Waals surface area contributed by atoms with Crippen molar-refractivity contribution in [2.45, 2.75) is 32.4 Å². The van der Waals surface area contributed by atoms with Crippen LogP contribution < -0.4 is 0 Å². The lowest BCUT2D eigenvalue weighted by molar-refractivity contribution is -0.0371. The number of halogens is 1. The molecule has 6 heteroatoms.